The van der Waals surface area contributed by atoms with Gasteiger partial charge < -0.3 is 5.32 Å². The van der Waals surface area contributed by atoms with E-state index < -0.39 is 0 Å². The molecular formula is C14H22N2S. The number of nitrogens with one attached hydrogen (secondary N) is 1. The molecule has 94 valence electrons. The summed E-state index contributed by atoms with van der Waals surface area (Å²) in [4.78, 5) is 4.57. The number of pyridine rings is 1. The van der Waals surface area contributed by atoms with E-state index in [1.807, 2.05) is 18.0 Å². The van der Waals surface area contributed by atoms with E-state index >= 15 is 0 Å². The van der Waals surface area contributed by atoms with E-state index in [4.69, 9.17) is 0 Å². The first-order valence-corrected chi connectivity index (χ1v) is 7.53. The second-order valence-corrected chi connectivity index (χ2v) is 6.05. The van der Waals surface area contributed by atoms with Gasteiger partial charge in [0.1, 0.15) is 0 Å². The van der Waals surface area contributed by atoms with E-state index in [-0.39, 0.29) is 0 Å². The highest BCUT2D eigenvalue weighted by atomic mass is 32.2. The minimum Gasteiger partial charge on any atom is -0.310 e. The number of hydrogen-bond donors (Lipinski definition) is 1. The van der Waals surface area contributed by atoms with Gasteiger partial charge in [-0.2, -0.15) is 0 Å². The second kappa shape index (κ2) is 6.41. The zero-order valence-electron chi connectivity index (χ0n) is 10.8. The van der Waals surface area contributed by atoms with Crippen molar-refractivity contribution in [3.8, 4) is 0 Å². The minimum atomic E-state index is 0.401. The van der Waals surface area contributed by atoms with Crippen molar-refractivity contribution in [1.82, 2.24) is 10.3 Å². The summed E-state index contributed by atoms with van der Waals surface area (Å²) in [6.07, 6.45) is 7.54. The Morgan fingerprint density at radius 2 is 2.18 bits per heavy atom. The monoisotopic (exact) mass is 250 g/mol. The van der Waals surface area contributed by atoms with Crippen LogP contribution in [0.2, 0.25) is 0 Å². The zero-order chi connectivity index (χ0) is 12.1. The zero-order valence-corrected chi connectivity index (χ0v) is 11.6. The summed E-state index contributed by atoms with van der Waals surface area (Å²) in [7, 11) is 0. The number of nitrogens with zero attached hydrogens (tertiary/aromatic N) is 1. The molecule has 3 heteroatoms. The summed E-state index contributed by atoms with van der Waals surface area (Å²) < 4.78 is 0. The largest absolute Gasteiger partial charge is 0.310 e. The summed E-state index contributed by atoms with van der Waals surface area (Å²) in [5.74, 6) is 0. The van der Waals surface area contributed by atoms with E-state index in [0.717, 1.165) is 11.8 Å². The van der Waals surface area contributed by atoms with Crippen molar-refractivity contribution < 1.29 is 0 Å². The molecule has 0 radical (unpaired) electrons. The molecule has 1 fully saturated rings. The lowest BCUT2D eigenvalue weighted by Gasteiger charge is -2.13. The van der Waals surface area contributed by atoms with E-state index in [9.17, 15) is 0 Å². The van der Waals surface area contributed by atoms with Crippen molar-refractivity contribution in [2.24, 2.45) is 0 Å². The highest BCUT2D eigenvalue weighted by molar-refractivity contribution is 7.99. The molecule has 1 heterocycles. The van der Waals surface area contributed by atoms with Crippen molar-refractivity contribution in [2.75, 3.05) is 6.54 Å². The van der Waals surface area contributed by atoms with Crippen LogP contribution in [0.3, 0.4) is 0 Å². The number of rotatable bonds is 5. The van der Waals surface area contributed by atoms with Crippen molar-refractivity contribution in [3.63, 3.8) is 0 Å². The van der Waals surface area contributed by atoms with Crippen molar-refractivity contribution >= 4 is 11.8 Å². The normalized spacial score (nSPS) is 18.5. The molecule has 0 aliphatic heterocycles. The lowest BCUT2D eigenvalue weighted by molar-refractivity contribution is 0.595. The van der Waals surface area contributed by atoms with Gasteiger partial charge in [0, 0.05) is 17.5 Å². The van der Waals surface area contributed by atoms with Gasteiger partial charge in [-0.25, -0.2) is 4.98 Å². The lowest BCUT2D eigenvalue weighted by Crippen LogP contribution is -2.17. The number of hydrogen-bond acceptors (Lipinski definition) is 3. The van der Waals surface area contributed by atoms with Crippen LogP contribution in [0.1, 0.15) is 51.1 Å². The first-order valence-electron chi connectivity index (χ1n) is 6.65. The summed E-state index contributed by atoms with van der Waals surface area (Å²) >= 11 is 1.95. The van der Waals surface area contributed by atoms with Gasteiger partial charge in [0.05, 0.1) is 5.03 Å². The second-order valence-electron chi connectivity index (χ2n) is 4.73. The van der Waals surface area contributed by atoms with Crippen LogP contribution in [-0.2, 0) is 0 Å². The molecule has 0 saturated heterocycles. The molecule has 2 rings (SSSR count). The standard InChI is InChI=1S/C14H22N2S/c1-3-15-11(2)12-8-9-14(16-10-12)17-13-6-4-5-7-13/h8-11,13,15H,3-7H2,1-2H3. The SMILES string of the molecule is CCNC(C)c1ccc(SC2CCCC2)nc1. The molecule has 1 aromatic heterocycles. The van der Waals surface area contributed by atoms with Crippen molar-refractivity contribution in [1.29, 1.82) is 0 Å². The molecule has 0 amide bonds. The third kappa shape index (κ3) is 3.71. The fourth-order valence-electron chi connectivity index (χ4n) is 2.32. The Kier molecular flexibility index (Phi) is 4.86. The molecule has 1 aliphatic rings. The maximum atomic E-state index is 4.57. The molecule has 0 spiro atoms. The Hall–Kier alpha value is -0.540. The Morgan fingerprint density at radius 3 is 2.76 bits per heavy atom. The number of thioether (sulfide) groups is 1. The molecule has 1 saturated carbocycles. The fourth-order valence-corrected chi connectivity index (χ4v) is 3.49. The predicted molar refractivity (Wildman–Crippen MR) is 74.4 cm³/mol. The van der Waals surface area contributed by atoms with Crippen LogP contribution in [0.5, 0.6) is 0 Å². The molecule has 1 N–H and O–H groups in total. The van der Waals surface area contributed by atoms with Gasteiger partial charge in [-0.15, -0.1) is 11.8 Å². The van der Waals surface area contributed by atoms with Crippen molar-refractivity contribution in [3.05, 3.63) is 23.9 Å². The van der Waals surface area contributed by atoms with Gasteiger partial charge >= 0.3 is 0 Å². The molecule has 0 aromatic carbocycles. The lowest BCUT2D eigenvalue weighted by atomic mass is 10.1. The molecule has 2 nitrogen and oxygen atoms in total. The van der Waals surface area contributed by atoms with Gasteiger partial charge in [-0.3, -0.25) is 0 Å². The maximum absolute atomic E-state index is 4.57. The van der Waals surface area contributed by atoms with Gasteiger partial charge in [0.15, 0.2) is 0 Å². The topological polar surface area (TPSA) is 24.9 Å². The van der Waals surface area contributed by atoms with Crippen LogP contribution in [0.4, 0.5) is 0 Å². The van der Waals surface area contributed by atoms with Crippen LogP contribution in [0, 0.1) is 0 Å². The van der Waals surface area contributed by atoms with Crippen LogP contribution in [0.25, 0.3) is 0 Å². The molecule has 0 bridgehead atoms. The minimum absolute atomic E-state index is 0.401. The van der Waals surface area contributed by atoms with Gasteiger partial charge in [-0.05, 0) is 37.9 Å². The van der Waals surface area contributed by atoms with E-state index in [1.54, 1.807) is 0 Å². The Labute approximate surface area is 109 Å². The first kappa shape index (κ1) is 12.9. The molecule has 1 atom stereocenters. The smallest absolute Gasteiger partial charge is 0.0962 e. The summed E-state index contributed by atoms with van der Waals surface area (Å²) in [5, 5.41) is 5.40. The van der Waals surface area contributed by atoms with E-state index in [2.05, 4.69) is 36.3 Å². The molecule has 1 aliphatic carbocycles. The van der Waals surface area contributed by atoms with Crippen molar-refractivity contribution in [2.45, 2.75) is 55.8 Å². The summed E-state index contributed by atoms with van der Waals surface area (Å²) in [5.41, 5.74) is 1.28. The number of aromatic nitrogens is 1. The van der Waals surface area contributed by atoms with E-state index in [1.165, 1.54) is 36.3 Å². The molecule has 17 heavy (non-hydrogen) atoms. The Bertz CT molecular complexity index is 331. The maximum Gasteiger partial charge on any atom is 0.0962 e. The van der Waals surface area contributed by atoms with Gasteiger partial charge in [0.25, 0.3) is 0 Å². The quantitative estimate of drug-likeness (QED) is 0.860. The predicted octanol–water partition coefficient (Wildman–Crippen LogP) is 3.79. The van der Waals surface area contributed by atoms with Crippen LogP contribution >= 0.6 is 11.8 Å². The molecular weight excluding hydrogens is 228 g/mol. The highest BCUT2D eigenvalue weighted by Crippen LogP contribution is 2.33. The Morgan fingerprint density at radius 1 is 1.41 bits per heavy atom. The first-order chi connectivity index (χ1) is 8.29. The van der Waals surface area contributed by atoms with Gasteiger partial charge in [0.2, 0.25) is 0 Å². The summed E-state index contributed by atoms with van der Waals surface area (Å²) in [6.45, 7) is 5.32. The molecule has 1 aromatic rings. The van der Waals surface area contributed by atoms with Gasteiger partial charge in [-0.1, -0.05) is 25.8 Å². The highest BCUT2D eigenvalue weighted by Gasteiger charge is 2.16. The average molecular weight is 250 g/mol. The molecule has 1 unspecified atom stereocenters. The third-order valence-corrected chi connectivity index (χ3v) is 4.65. The van der Waals surface area contributed by atoms with Crippen LogP contribution < -0.4 is 5.32 Å². The van der Waals surface area contributed by atoms with E-state index in [0.29, 0.717) is 6.04 Å². The van der Waals surface area contributed by atoms with Crippen LogP contribution in [0.15, 0.2) is 23.4 Å². The van der Waals surface area contributed by atoms with Crippen LogP contribution in [-0.4, -0.2) is 16.8 Å². The third-order valence-electron chi connectivity index (χ3n) is 3.36. The average Bonchev–Trinajstić information content (AvgIpc) is 2.83. The fraction of sp³-hybridized carbons (Fsp3) is 0.643. The summed E-state index contributed by atoms with van der Waals surface area (Å²) in [6, 6.07) is 4.78. The Balaban J connectivity index is 1.92.